The maximum Gasteiger partial charge on any atom is 0.273 e. The van der Waals surface area contributed by atoms with Crippen molar-refractivity contribution in [3.8, 4) is 11.5 Å². The molecule has 0 atom stereocenters. The van der Waals surface area contributed by atoms with Crippen molar-refractivity contribution < 1.29 is 19.1 Å². The highest BCUT2D eigenvalue weighted by Gasteiger charge is 2.15. The van der Waals surface area contributed by atoms with Crippen LogP contribution in [0.25, 0.3) is 0 Å². The van der Waals surface area contributed by atoms with Crippen molar-refractivity contribution in [3.63, 3.8) is 0 Å². The molecule has 3 N–H and O–H groups in total. The van der Waals surface area contributed by atoms with E-state index in [0.29, 0.717) is 35.8 Å². The maximum absolute atomic E-state index is 12.4. The van der Waals surface area contributed by atoms with E-state index in [9.17, 15) is 9.59 Å². The van der Waals surface area contributed by atoms with E-state index in [1.807, 2.05) is 13.8 Å². The molecule has 0 bridgehead atoms. The van der Waals surface area contributed by atoms with E-state index >= 15 is 0 Å². The fourth-order valence-electron chi connectivity index (χ4n) is 2.31. The van der Waals surface area contributed by atoms with Gasteiger partial charge in [-0.15, -0.1) is 0 Å². The van der Waals surface area contributed by atoms with Crippen LogP contribution < -0.4 is 25.6 Å². The Balaban J connectivity index is 1.94. The molecule has 0 aliphatic rings. The summed E-state index contributed by atoms with van der Waals surface area (Å²) in [5, 5.41) is 2.46. The van der Waals surface area contributed by atoms with Crippen LogP contribution in [0.1, 0.15) is 41.0 Å². The first-order valence-corrected chi connectivity index (χ1v) is 9.33. The minimum absolute atomic E-state index is 0.0448. The monoisotopic (exact) mass is 401 g/mol. The number of hydrogen-bond acceptors (Lipinski definition) is 5. The zero-order chi connectivity index (χ0) is 20.4. The molecule has 0 heterocycles. The number of hydrogen-bond donors (Lipinski definition) is 3. The number of benzene rings is 2. The Hall–Kier alpha value is -3.13. The topological polar surface area (TPSA) is 88.7 Å². The first kappa shape index (κ1) is 21.2. The summed E-state index contributed by atoms with van der Waals surface area (Å²) < 4.78 is 11.0. The van der Waals surface area contributed by atoms with Crippen LogP contribution in [-0.4, -0.2) is 30.1 Å². The average Bonchev–Trinajstić information content (AvgIpc) is 2.71. The van der Waals surface area contributed by atoms with Gasteiger partial charge in [0.2, 0.25) is 0 Å². The van der Waals surface area contributed by atoms with Crippen LogP contribution in [0.3, 0.4) is 0 Å². The summed E-state index contributed by atoms with van der Waals surface area (Å²) in [4.78, 5) is 24.8. The third-order valence-corrected chi connectivity index (χ3v) is 3.75. The van der Waals surface area contributed by atoms with Crippen LogP contribution in [0.2, 0.25) is 0 Å². The fourth-order valence-corrected chi connectivity index (χ4v) is 2.45. The van der Waals surface area contributed by atoms with Gasteiger partial charge in [0.05, 0.1) is 24.3 Å². The lowest BCUT2D eigenvalue weighted by atomic mass is 10.2. The minimum Gasteiger partial charge on any atom is -0.493 e. The van der Waals surface area contributed by atoms with Crippen LogP contribution in [0.15, 0.2) is 48.5 Å². The average molecular weight is 401 g/mol. The molecular weight excluding hydrogens is 378 g/mol. The highest BCUT2D eigenvalue weighted by atomic mass is 32.1. The van der Waals surface area contributed by atoms with Crippen molar-refractivity contribution in [2.45, 2.75) is 20.3 Å². The van der Waals surface area contributed by atoms with E-state index in [1.165, 1.54) is 0 Å². The largest absolute Gasteiger partial charge is 0.493 e. The van der Waals surface area contributed by atoms with Crippen LogP contribution in [0.5, 0.6) is 11.5 Å². The van der Waals surface area contributed by atoms with E-state index in [4.69, 9.17) is 21.7 Å². The summed E-state index contributed by atoms with van der Waals surface area (Å²) in [6.45, 7) is 4.75. The zero-order valence-corrected chi connectivity index (χ0v) is 16.6. The molecule has 0 unspecified atom stereocenters. The molecule has 0 saturated heterocycles. The molecule has 7 nitrogen and oxygen atoms in total. The van der Waals surface area contributed by atoms with E-state index in [0.717, 1.165) is 6.42 Å². The number of nitrogens with one attached hydrogen (secondary N) is 3. The molecule has 0 aromatic heterocycles. The van der Waals surface area contributed by atoms with Crippen LogP contribution in [0.4, 0.5) is 0 Å². The zero-order valence-electron chi connectivity index (χ0n) is 15.8. The normalized spacial score (nSPS) is 9.93. The van der Waals surface area contributed by atoms with Gasteiger partial charge >= 0.3 is 0 Å². The second kappa shape index (κ2) is 10.9. The second-order valence-electron chi connectivity index (χ2n) is 5.64. The molecule has 0 radical (unpaired) electrons. The molecule has 8 heteroatoms. The van der Waals surface area contributed by atoms with Gasteiger partial charge in [-0.1, -0.05) is 31.2 Å². The van der Waals surface area contributed by atoms with Gasteiger partial charge in [0, 0.05) is 0 Å². The molecular formula is C20H23N3O4S. The van der Waals surface area contributed by atoms with Gasteiger partial charge in [-0.2, -0.15) is 0 Å². The number of hydrazine groups is 1. The number of ether oxygens (including phenoxy) is 2. The fraction of sp³-hybridized carbons (Fsp3) is 0.250. The standard InChI is InChI=1S/C20H23N3O4S/c1-3-13-27-17-12-8-6-10-15(17)19(25)22-23-20(28)21-18(24)14-9-5-7-11-16(14)26-4-2/h5-12H,3-4,13H2,1-2H3,(H,22,25)(H2,21,23,24,28). The lowest BCUT2D eigenvalue weighted by Crippen LogP contribution is -2.48. The van der Waals surface area contributed by atoms with Gasteiger partial charge in [0.25, 0.3) is 11.8 Å². The molecule has 0 fully saturated rings. The third kappa shape index (κ3) is 5.95. The summed E-state index contributed by atoms with van der Waals surface area (Å²) in [7, 11) is 0. The van der Waals surface area contributed by atoms with Crippen molar-refractivity contribution in [2.24, 2.45) is 0 Å². The predicted octanol–water partition coefficient (Wildman–Crippen LogP) is 2.82. The predicted molar refractivity (Wildman–Crippen MR) is 111 cm³/mol. The van der Waals surface area contributed by atoms with E-state index in [1.54, 1.807) is 48.5 Å². The van der Waals surface area contributed by atoms with Gasteiger partial charge in [0.15, 0.2) is 5.11 Å². The Morgan fingerprint density at radius 2 is 1.43 bits per heavy atom. The molecule has 0 spiro atoms. The smallest absolute Gasteiger partial charge is 0.273 e. The van der Waals surface area contributed by atoms with Crippen molar-refractivity contribution in [1.29, 1.82) is 0 Å². The van der Waals surface area contributed by atoms with E-state index in [-0.39, 0.29) is 5.11 Å². The summed E-state index contributed by atoms with van der Waals surface area (Å²) >= 11 is 5.08. The number of carbonyl (C=O) groups excluding carboxylic acids is 2. The van der Waals surface area contributed by atoms with Crippen LogP contribution in [0, 0.1) is 0 Å². The van der Waals surface area contributed by atoms with E-state index in [2.05, 4.69) is 16.2 Å². The molecule has 2 amide bonds. The molecule has 2 aromatic carbocycles. The first-order valence-electron chi connectivity index (χ1n) is 8.92. The quantitative estimate of drug-likeness (QED) is 0.488. The maximum atomic E-state index is 12.4. The lowest BCUT2D eigenvalue weighted by molar-refractivity contribution is 0.0930. The number of amides is 2. The molecule has 0 aliphatic carbocycles. The number of para-hydroxylation sites is 2. The summed E-state index contributed by atoms with van der Waals surface area (Å²) in [6.07, 6.45) is 0.827. The Labute approximate surface area is 169 Å². The van der Waals surface area contributed by atoms with Crippen LogP contribution >= 0.6 is 12.2 Å². The Morgan fingerprint density at radius 1 is 0.857 bits per heavy atom. The van der Waals surface area contributed by atoms with Crippen molar-refractivity contribution in [3.05, 3.63) is 59.7 Å². The van der Waals surface area contributed by atoms with Crippen LogP contribution in [-0.2, 0) is 0 Å². The van der Waals surface area contributed by atoms with Gasteiger partial charge in [-0.05, 0) is 49.8 Å². The van der Waals surface area contributed by atoms with Gasteiger partial charge < -0.3 is 9.47 Å². The van der Waals surface area contributed by atoms with E-state index < -0.39 is 11.8 Å². The summed E-state index contributed by atoms with van der Waals surface area (Å²) in [5.74, 6) is 0.0566. The molecule has 2 aromatic rings. The Morgan fingerprint density at radius 3 is 2.04 bits per heavy atom. The number of rotatable bonds is 7. The summed E-state index contributed by atoms with van der Waals surface area (Å²) in [6, 6.07) is 13.7. The second-order valence-corrected chi connectivity index (χ2v) is 6.04. The van der Waals surface area contributed by atoms with Crippen molar-refractivity contribution >= 4 is 29.1 Å². The molecule has 0 saturated carbocycles. The highest BCUT2D eigenvalue weighted by molar-refractivity contribution is 7.80. The highest BCUT2D eigenvalue weighted by Crippen LogP contribution is 2.18. The number of thiocarbonyl (C=S) groups is 1. The van der Waals surface area contributed by atoms with Gasteiger partial charge in [0.1, 0.15) is 11.5 Å². The molecule has 2 rings (SSSR count). The Bertz CT molecular complexity index is 842. The molecule has 28 heavy (non-hydrogen) atoms. The third-order valence-electron chi connectivity index (χ3n) is 3.54. The SMILES string of the molecule is CCCOc1ccccc1C(=O)NNC(=S)NC(=O)c1ccccc1OCC. The molecule has 0 aliphatic heterocycles. The Kier molecular flexibility index (Phi) is 8.23. The van der Waals surface area contributed by atoms with Gasteiger partial charge in [-0.25, -0.2) is 0 Å². The van der Waals surface area contributed by atoms with Crippen molar-refractivity contribution in [1.82, 2.24) is 16.2 Å². The van der Waals surface area contributed by atoms with Gasteiger partial charge in [-0.3, -0.25) is 25.8 Å². The minimum atomic E-state index is -0.442. The first-order chi connectivity index (χ1) is 13.6. The summed E-state index contributed by atoms with van der Waals surface area (Å²) in [5.41, 5.74) is 5.68. The lowest BCUT2D eigenvalue weighted by Gasteiger charge is -2.14. The number of carbonyl (C=O) groups is 2. The molecule has 148 valence electrons. The van der Waals surface area contributed by atoms with Crippen molar-refractivity contribution in [2.75, 3.05) is 13.2 Å².